The van der Waals surface area contributed by atoms with E-state index in [1.165, 1.54) is 16.7 Å². The van der Waals surface area contributed by atoms with Crippen LogP contribution in [0.4, 0.5) is 0 Å². The van der Waals surface area contributed by atoms with Gasteiger partial charge in [-0.15, -0.1) is 0 Å². The number of carbonyl (C=O) groups is 1. The van der Waals surface area contributed by atoms with Gasteiger partial charge in [-0.3, -0.25) is 9.69 Å². The number of likely N-dealkylation sites (N-methyl/N-ethyl adjacent to an activating group) is 1. The van der Waals surface area contributed by atoms with Crippen molar-refractivity contribution >= 4 is 5.91 Å². The van der Waals surface area contributed by atoms with E-state index in [4.69, 9.17) is 0 Å². The average Bonchev–Trinajstić information content (AvgIpc) is 2.54. The molecule has 2 aromatic carbocycles. The number of nitrogens with one attached hydrogen (secondary N) is 1. The van der Waals surface area contributed by atoms with Crippen molar-refractivity contribution in [1.82, 2.24) is 10.2 Å². The number of hydrogen-bond donors (Lipinski definition) is 1. The zero-order valence-electron chi connectivity index (χ0n) is 15.2. The summed E-state index contributed by atoms with van der Waals surface area (Å²) in [5.74, 6) is 0.601. The highest BCUT2D eigenvalue weighted by Gasteiger charge is 2.08. The Labute approximate surface area is 145 Å². The molecule has 0 saturated carbocycles. The second-order valence-electron chi connectivity index (χ2n) is 6.77. The van der Waals surface area contributed by atoms with Crippen LogP contribution in [-0.2, 0) is 17.9 Å². The van der Waals surface area contributed by atoms with Crippen LogP contribution < -0.4 is 5.32 Å². The molecule has 0 radical (unpaired) electrons. The summed E-state index contributed by atoms with van der Waals surface area (Å²) in [6.07, 6.45) is 0. The van der Waals surface area contributed by atoms with Crippen LogP contribution in [0.3, 0.4) is 0 Å². The molecule has 0 aromatic heterocycles. The molecular formula is C21H28N2O. The zero-order valence-corrected chi connectivity index (χ0v) is 15.2. The van der Waals surface area contributed by atoms with Crippen molar-refractivity contribution in [2.45, 2.75) is 39.8 Å². The molecule has 128 valence electrons. The van der Waals surface area contributed by atoms with Crippen molar-refractivity contribution in [1.29, 1.82) is 0 Å². The highest BCUT2D eigenvalue weighted by molar-refractivity contribution is 5.78. The second-order valence-corrected chi connectivity index (χ2v) is 6.77. The SMILES string of the molecule is Cc1ccccc1CNC(=O)CN(C)Cc1ccc(C(C)C)cc1. The number of hydrogen-bond acceptors (Lipinski definition) is 2. The molecular weight excluding hydrogens is 296 g/mol. The molecule has 1 amide bonds. The number of amides is 1. The minimum atomic E-state index is 0.0551. The quantitative estimate of drug-likeness (QED) is 0.838. The van der Waals surface area contributed by atoms with Gasteiger partial charge in [0.1, 0.15) is 0 Å². The van der Waals surface area contributed by atoms with Crippen LogP contribution in [0.25, 0.3) is 0 Å². The third-order valence-electron chi connectivity index (χ3n) is 4.25. The van der Waals surface area contributed by atoms with Gasteiger partial charge in [0.05, 0.1) is 6.54 Å². The van der Waals surface area contributed by atoms with E-state index >= 15 is 0 Å². The third-order valence-corrected chi connectivity index (χ3v) is 4.25. The predicted octanol–water partition coefficient (Wildman–Crippen LogP) is 3.87. The predicted molar refractivity (Wildman–Crippen MR) is 99.9 cm³/mol. The summed E-state index contributed by atoms with van der Waals surface area (Å²) in [4.78, 5) is 14.2. The van der Waals surface area contributed by atoms with Gasteiger partial charge in [0.25, 0.3) is 0 Å². The smallest absolute Gasteiger partial charge is 0.234 e. The molecule has 24 heavy (non-hydrogen) atoms. The normalized spacial score (nSPS) is 11.1. The van der Waals surface area contributed by atoms with Gasteiger partial charge >= 0.3 is 0 Å². The minimum Gasteiger partial charge on any atom is -0.351 e. The highest BCUT2D eigenvalue weighted by Crippen LogP contribution is 2.15. The van der Waals surface area contributed by atoms with Crippen LogP contribution in [0.2, 0.25) is 0 Å². The monoisotopic (exact) mass is 324 g/mol. The summed E-state index contributed by atoms with van der Waals surface area (Å²) in [5.41, 5.74) is 4.94. The van der Waals surface area contributed by atoms with Gasteiger partial charge in [0.2, 0.25) is 5.91 Å². The summed E-state index contributed by atoms with van der Waals surface area (Å²) >= 11 is 0. The van der Waals surface area contributed by atoms with Gasteiger partial charge < -0.3 is 5.32 Å². The maximum atomic E-state index is 12.1. The number of benzene rings is 2. The fourth-order valence-corrected chi connectivity index (χ4v) is 2.68. The van der Waals surface area contributed by atoms with Crippen LogP contribution >= 0.6 is 0 Å². The van der Waals surface area contributed by atoms with Crippen LogP contribution in [0.15, 0.2) is 48.5 Å². The van der Waals surface area contributed by atoms with Crippen molar-refractivity contribution in [3.63, 3.8) is 0 Å². The molecule has 1 N–H and O–H groups in total. The van der Waals surface area contributed by atoms with Crippen molar-refractivity contribution in [2.75, 3.05) is 13.6 Å². The van der Waals surface area contributed by atoms with E-state index in [9.17, 15) is 4.79 Å². The molecule has 0 heterocycles. The lowest BCUT2D eigenvalue weighted by atomic mass is 10.0. The largest absolute Gasteiger partial charge is 0.351 e. The van der Waals surface area contributed by atoms with E-state index in [0.717, 1.165) is 12.1 Å². The fourth-order valence-electron chi connectivity index (χ4n) is 2.68. The minimum absolute atomic E-state index is 0.0551. The van der Waals surface area contributed by atoms with Gasteiger partial charge in [-0.05, 0) is 42.1 Å². The van der Waals surface area contributed by atoms with Gasteiger partial charge in [-0.1, -0.05) is 62.4 Å². The van der Waals surface area contributed by atoms with Crippen molar-refractivity contribution in [3.8, 4) is 0 Å². The van der Waals surface area contributed by atoms with E-state index in [0.29, 0.717) is 19.0 Å². The molecule has 0 spiro atoms. The van der Waals surface area contributed by atoms with Gasteiger partial charge in [0, 0.05) is 13.1 Å². The first-order valence-corrected chi connectivity index (χ1v) is 8.54. The van der Waals surface area contributed by atoms with E-state index in [2.05, 4.69) is 62.5 Å². The summed E-state index contributed by atoms with van der Waals surface area (Å²) in [5, 5.41) is 3.00. The highest BCUT2D eigenvalue weighted by atomic mass is 16.2. The number of nitrogens with zero attached hydrogens (tertiary/aromatic N) is 1. The molecule has 2 aromatic rings. The van der Waals surface area contributed by atoms with Crippen molar-refractivity contribution in [3.05, 3.63) is 70.8 Å². The lowest BCUT2D eigenvalue weighted by molar-refractivity contribution is -0.122. The van der Waals surface area contributed by atoms with E-state index in [1.54, 1.807) is 0 Å². The molecule has 0 bridgehead atoms. The lowest BCUT2D eigenvalue weighted by Crippen LogP contribution is -2.34. The lowest BCUT2D eigenvalue weighted by Gasteiger charge is -2.17. The molecule has 0 aliphatic rings. The molecule has 0 fully saturated rings. The van der Waals surface area contributed by atoms with Crippen LogP contribution in [0, 0.1) is 6.92 Å². The van der Waals surface area contributed by atoms with E-state index in [1.807, 2.05) is 24.1 Å². The first-order valence-electron chi connectivity index (χ1n) is 8.54. The Balaban J connectivity index is 1.80. The number of carbonyl (C=O) groups excluding carboxylic acids is 1. The average molecular weight is 324 g/mol. The summed E-state index contributed by atoms with van der Waals surface area (Å²) < 4.78 is 0. The molecule has 0 unspecified atom stereocenters. The second kappa shape index (κ2) is 8.65. The van der Waals surface area contributed by atoms with Crippen LogP contribution in [0.1, 0.15) is 42.0 Å². The number of aryl methyl sites for hydroxylation is 1. The molecule has 0 aliphatic carbocycles. The van der Waals surface area contributed by atoms with Crippen molar-refractivity contribution < 1.29 is 4.79 Å². The van der Waals surface area contributed by atoms with E-state index < -0.39 is 0 Å². The topological polar surface area (TPSA) is 32.3 Å². The molecule has 2 rings (SSSR count). The molecule has 0 saturated heterocycles. The zero-order chi connectivity index (χ0) is 17.5. The van der Waals surface area contributed by atoms with Gasteiger partial charge in [-0.2, -0.15) is 0 Å². The Hall–Kier alpha value is -2.13. The summed E-state index contributed by atoms with van der Waals surface area (Å²) in [6.45, 7) is 8.21. The summed E-state index contributed by atoms with van der Waals surface area (Å²) in [7, 11) is 1.98. The van der Waals surface area contributed by atoms with Gasteiger partial charge in [-0.25, -0.2) is 0 Å². The molecule has 0 aliphatic heterocycles. The molecule has 0 atom stereocenters. The van der Waals surface area contributed by atoms with Gasteiger partial charge in [0.15, 0.2) is 0 Å². The van der Waals surface area contributed by atoms with Crippen molar-refractivity contribution in [2.24, 2.45) is 0 Å². The first kappa shape index (κ1) is 18.2. The Kier molecular flexibility index (Phi) is 6.56. The Morgan fingerprint density at radius 2 is 1.75 bits per heavy atom. The van der Waals surface area contributed by atoms with Crippen LogP contribution in [-0.4, -0.2) is 24.4 Å². The van der Waals surface area contributed by atoms with Crippen LogP contribution in [0.5, 0.6) is 0 Å². The molecule has 3 heteroatoms. The summed E-state index contributed by atoms with van der Waals surface area (Å²) in [6, 6.07) is 16.8. The third kappa shape index (κ3) is 5.50. The first-order chi connectivity index (χ1) is 11.5. The maximum Gasteiger partial charge on any atom is 0.234 e. The fraction of sp³-hybridized carbons (Fsp3) is 0.381. The Bertz CT molecular complexity index is 662. The molecule has 3 nitrogen and oxygen atoms in total. The Morgan fingerprint density at radius 3 is 2.38 bits per heavy atom. The number of rotatable bonds is 7. The van der Waals surface area contributed by atoms with E-state index in [-0.39, 0.29) is 5.91 Å². The Morgan fingerprint density at radius 1 is 1.08 bits per heavy atom. The standard InChI is InChI=1S/C21H28N2O/c1-16(2)19-11-9-18(10-12-19)14-23(4)15-21(24)22-13-20-8-6-5-7-17(20)3/h5-12,16H,13-15H2,1-4H3,(H,22,24). The maximum absolute atomic E-state index is 12.1.